The Balaban J connectivity index is 2.24. The number of benzene rings is 1. The fourth-order valence-corrected chi connectivity index (χ4v) is 2.39. The lowest BCUT2D eigenvalue weighted by Gasteiger charge is -2.34. The third-order valence-electron chi connectivity index (χ3n) is 3.15. The van der Waals surface area contributed by atoms with E-state index in [1.165, 1.54) is 0 Å². The van der Waals surface area contributed by atoms with Crippen molar-refractivity contribution < 1.29 is 4.39 Å². The number of halogens is 2. The summed E-state index contributed by atoms with van der Waals surface area (Å²) in [7, 11) is 0. The summed E-state index contributed by atoms with van der Waals surface area (Å²) in [6.45, 7) is 3.00. The van der Waals surface area contributed by atoms with E-state index in [9.17, 15) is 4.39 Å². The number of anilines is 1. The van der Waals surface area contributed by atoms with Crippen LogP contribution < -0.4 is 11.1 Å². The summed E-state index contributed by atoms with van der Waals surface area (Å²) in [5.41, 5.74) is 7.31. The van der Waals surface area contributed by atoms with E-state index in [2.05, 4.69) is 10.2 Å². The SMILES string of the molecule is Nc1ccc(Cl)cc1[C@@H](CF)N1CCNCC1. The molecule has 94 valence electrons. The lowest BCUT2D eigenvalue weighted by molar-refractivity contribution is 0.148. The maximum atomic E-state index is 13.3. The zero-order valence-electron chi connectivity index (χ0n) is 9.63. The summed E-state index contributed by atoms with van der Waals surface area (Å²) in [5.74, 6) is 0. The molecule has 0 bridgehead atoms. The van der Waals surface area contributed by atoms with Gasteiger partial charge in [0.1, 0.15) is 6.67 Å². The molecular formula is C12H17ClFN3. The van der Waals surface area contributed by atoms with Crippen LogP contribution in [0.1, 0.15) is 11.6 Å². The van der Waals surface area contributed by atoms with Gasteiger partial charge in [-0.1, -0.05) is 11.6 Å². The van der Waals surface area contributed by atoms with Crippen LogP contribution in [0.2, 0.25) is 5.02 Å². The molecule has 0 radical (unpaired) electrons. The van der Waals surface area contributed by atoms with Crippen molar-refractivity contribution in [2.75, 3.05) is 38.6 Å². The smallest absolute Gasteiger partial charge is 0.109 e. The van der Waals surface area contributed by atoms with Crippen LogP contribution in [-0.4, -0.2) is 37.8 Å². The van der Waals surface area contributed by atoms with Crippen molar-refractivity contribution in [3.8, 4) is 0 Å². The molecule has 1 saturated heterocycles. The number of nitrogen functional groups attached to an aromatic ring is 1. The van der Waals surface area contributed by atoms with Crippen LogP contribution in [0.5, 0.6) is 0 Å². The number of hydrogen-bond donors (Lipinski definition) is 2. The van der Waals surface area contributed by atoms with Crippen molar-refractivity contribution in [1.29, 1.82) is 0 Å². The van der Waals surface area contributed by atoms with E-state index in [1.54, 1.807) is 18.2 Å². The number of piperazine rings is 1. The van der Waals surface area contributed by atoms with Crippen molar-refractivity contribution >= 4 is 17.3 Å². The first kappa shape index (κ1) is 12.6. The minimum atomic E-state index is -0.440. The molecule has 0 spiro atoms. The highest BCUT2D eigenvalue weighted by Gasteiger charge is 2.23. The van der Waals surface area contributed by atoms with E-state index in [0.717, 1.165) is 31.7 Å². The number of hydrogen-bond acceptors (Lipinski definition) is 3. The van der Waals surface area contributed by atoms with Gasteiger partial charge in [0.25, 0.3) is 0 Å². The zero-order valence-corrected chi connectivity index (χ0v) is 10.4. The predicted molar refractivity (Wildman–Crippen MR) is 69.0 cm³/mol. The van der Waals surface area contributed by atoms with E-state index >= 15 is 0 Å². The topological polar surface area (TPSA) is 41.3 Å². The summed E-state index contributed by atoms with van der Waals surface area (Å²) < 4.78 is 13.3. The summed E-state index contributed by atoms with van der Waals surface area (Å²) >= 11 is 5.95. The van der Waals surface area contributed by atoms with Gasteiger partial charge >= 0.3 is 0 Å². The van der Waals surface area contributed by atoms with Gasteiger partial charge < -0.3 is 11.1 Å². The molecular weight excluding hydrogens is 241 g/mol. The van der Waals surface area contributed by atoms with E-state index in [1.807, 2.05) is 0 Å². The summed E-state index contributed by atoms with van der Waals surface area (Å²) in [5, 5.41) is 3.85. The van der Waals surface area contributed by atoms with Crippen LogP contribution in [0.3, 0.4) is 0 Å². The Labute approximate surface area is 106 Å². The van der Waals surface area contributed by atoms with Crippen molar-refractivity contribution in [1.82, 2.24) is 10.2 Å². The third-order valence-corrected chi connectivity index (χ3v) is 3.38. The molecule has 1 fully saturated rings. The van der Waals surface area contributed by atoms with Crippen LogP contribution >= 0.6 is 11.6 Å². The van der Waals surface area contributed by atoms with Crippen LogP contribution in [0, 0.1) is 0 Å². The first-order valence-electron chi connectivity index (χ1n) is 5.78. The molecule has 17 heavy (non-hydrogen) atoms. The van der Waals surface area contributed by atoms with E-state index in [4.69, 9.17) is 17.3 Å². The molecule has 0 aromatic heterocycles. The largest absolute Gasteiger partial charge is 0.398 e. The Morgan fingerprint density at radius 2 is 2.12 bits per heavy atom. The second kappa shape index (κ2) is 5.67. The highest BCUT2D eigenvalue weighted by Crippen LogP contribution is 2.29. The van der Waals surface area contributed by atoms with Gasteiger partial charge in [0, 0.05) is 36.9 Å². The maximum absolute atomic E-state index is 13.3. The Hall–Kier alpha value is -0.840. The quantitative estimate of drug-likeness (QED) is 0.812. The molecule has 0 amide bonds. The predicted octanol–water partition coefficient (Wildman–Crippen LogP) is 1.84. The van der Waals surface area contributed by atoms with Crippen LogP contribution in [-0.2, 0) is 0 Å². The number of nitrogens with one attached hydrogen (secondary N) is 1. The van der Waals surface area contributed by atoms with Crippen LogP contribution in [0.25, 0.3) is 0 Å². The first-order chi connectivity index (χ1) is 8.22. The van der Waals surface area contributed by atoms with Crippen LogP contribution in [0.15, 0.2) is 18.2 Å². The fourth-order valence-electron chi connectivity index (χ4n) is 2.21. The summed E-state index contributed by atoms with van der Waals surface area (Å²) in [6.07, 6.45) is 0. The number of alkyl halides is 1. The Morgan fingerprint density at radius 3 is 2.76 bits per heavy atom. The molecule has 1 atom stereocenters. The minimum absolute atomic E-state index is 0.282. The van der Waals surface area contributed by atoms with Gasteiger partial charge in [-0.2, -0.15) is 0 Å². The van der Waals surface area contributed by atoms with Gasteiger partial charge in [0.2, 0.25) is 0 Å². The molecule has 5 heteroatoms. The lowest BCUT2D eigenvalue weighted by Crippen LogP contribution is -2.45. The molecule has 0 unspecified atom stereocenters. The van der Waals surface area contributed by atoms with Gasteiger partial charge in [-0.3, -0.25) is 4.90 Å². The van der Waals surface area contributed by atoms with Gasteiger partial charge in [-0.15, -0.1) is 0 Å². The second-order valence-electron chi connectivity index (χ2n) is 4.23. The van der Waals surface area contributed by atoms with Crippen molar-refractivity contribution in [2.45, 2.75) is 6.04 Å². The molecule has 3 nitrogen and oxygen atoms in total. The fraction of sp³-hybridized carbons (Fsp3) is 0.500. The number of nitrogens with zero attached hydrogens (tertiary/aromatic N) is 1. The standard InChI is InChI=1S/C12H17ClFN3/c13-9-1-2-11(15)10(7-9)12(8-14)17-5-3-16-4-6-17/h1-2,7,12,16H,3-6,8,15H2/t12-/m1/s1. The average molecular weight is 258 g/mol. The molecule has 3 N–H and O–H groups in total. The van der Waals surface area contributed by atoms with Gasteiger partial charge in [0.05, 0.1) is 6.04 Å². The second-order valence-corrected chi connectivity index (χ2v) is 4.67. The molecule has 1 heterocycles. The monoisotopic (exact) mass is 257 g/mol. The molecule has 1 aliphatic rings. The molecule has 0 aliphatic carbocycles. The van der Waals surface area contributed by atoms with Crippen molar-refractivity contribution in [3.05, 3.63) is 28.8 Å². The highest BCUT2D eigenvalue weighted by molar-refractivity contribution is 6.30. The third kappa shape index (κ3) is 2.89. The van der Waals surface area contributed by atoms with Crippen LogP contribution in [0.4, 0.5) is 10.1 Å². The van der Waals surface area contributed by atoms with Gasteiger partial charge in [-0.05, 0) is 23.8 Å². The van der Waals surface area contributed by atoms with Crippen molar-refractivity contribution in [3.63, 3.8) is 0 Å². The van der Waals surface area contributed by atoms with E-state index in [0.29, 0.717) is 10.7 Å². The van der Waals surface area contributed by atoms with Gasteiger partial charge in [0.15, 0.2) is 0 Å². The Bertz CT molecular complexity index is 380. The first-order valence-corrected chi connectivity index (χ1v) is 6.16. The number of nitrogens with two attached hydrogens (primary N) is 1. The Morgan fingerprint density at radius 1 is 1.41 bits per heavy atom. The average Bonchev–Trinajstić information content (AvgIpc) is 2.36. The molecule has 1 aliphatic heterocycles. The van der Waals surface area contributed by atoms with Crippen molar-refractivity contribution in [2.24, 2.45) is 0 Å². The van der Waals surface area contributed by atoms with Gasteiger partial charge in [-0.25, -0.2) is 4.39 Å². The maximum Gasteiger partial charge on any atom is 0.109 e. The Kier molecular flexibility index (Phi) is 4.20. The summed E-state index contributed by atoms with van der Waals surface area (Å²) in [4.78, 5) is 2.11. The number of rotatable bonds is 3. The lowest BCUT2D eigenvalue weighted by atomic mass is 10.0. The van der Waals surface area contributed by atoms with E-state index < -0.39 is 6.67 Å². The molecule has 0 saturated carbocycles. The summed E-state index contributed by atoms with van der Waals surface area (Å²) in [6, 6.07) is 4.95. The normalized spacial score (nSPS) is 19.2. The molecule has 2 rings (SSSR count). The minimum Gasteiger partial charge on any atom is -0.398 e. The van der Waals surface area contributed by atoms with E-state index in [-0.39, 0.29) is 6.04 Å². The zero-order chi connectivity index (χ0) is 12.3. The molecule has 1 aromatic rings. The highest BCUT2D eigenvalue weighted by atomic mass is 35.5. The molecule has 1 aromatic carbocycles.